The molecule has 3 heterocycles. The summed E-state index contributed by atoms with van der Waals surface area (Å²) >= 11 is 0. The van der Waals surface area contributed by atoms with E-state index in [0.29, 0.717) is 43.1 Å². The number of nitrogens with zero attached hydrogens (tertiary/aromatic N) is 3. The lowest BCUT2D eigenvalue weighted by Crippen LogP contribution is -2.49. The molecule has 180 valence electrons. The monoisotopic (exact) mass is 465 g/mol. The van der Waals surface area contributed by atoms with Gasteiger partial charge in [-0.1, -0.05) is 26.0 Å². The molecule has 2 aliphatic rings. The lowest BCUT2D eigenvalue weighted by atomic mass is 9.79. The molecule has 2 N–H and O–H groups in total. The summed E-state index contributed by atoms with van der Waals surface area (Å²) in [6.07, 6.45) is 1.87. The molecule has 0 radical (unpaired) electrons. The summed E-state index contributed by atoms with van der Waals surface area (Å²) < 4.78 is 5.57. The molecule has 1 atom stereocenters. The van der Waals surface area contributed by atoms with Crippen molar-refractivity contribution in [1.29, 1.82) is 0 Å². The zero-order chi connectivity index (χ0) is 24.6. The van der Waals surface area contributed by atoms with E-state index >= 15 is 0 Å². The Kier molecular flexibility index (Phi) is 6.20. The first-order chi connectivity index (χ1) is 16.2. The highest BCUT2D eigenvalue weighted by atomic mass is 16.5. The van der Waals surface area contributed by atoms with Crippen molar-refractivity contribution in [3.05, 3.63) is 52.7 Å². The van der Waals surface area contributed by atoms with Gasteiger partial charge in [-0.2, -0.15) is 0 Å². The van der Waals surface area contributed by atoms with E-state index in [9.17, 15) is 14.4 Å². The number of hydrogen-bond acceptors (Lipinski definition) is 6. The molecule has 9 heteroatoms. The van der Waals surface area contributed by atoms with Crippen LogP contribution in [0.4, 0.5) is 10.6 Å². The molecule has 0 saturated carbocycles. The Hall–Kier alpha value is -3.62. The summed E-state index contributed by atoms with van der Waals surface area (Å²) in [5, 5.41) is 5.08. The second-order valence-corrected chi connectivity index (χ2v) is 9.22. The molecule has 1 aromatic carbocycles. The molecule has 34 heavy (non-hydrogen) atoms. The first-order valence-electron chi connectivity index (χ1n) is 11.5. The largest absolute Gasteiger partial charge is 0.496 e. The van der Waals surface area contributed by atoms with Crippen LogP contribution in [0.2, 0.25) is 0 Å². The van der Waals surface area contributed by atoms with E-state index in [1.54, 1.807) is 18.2 Å². The first-order valence-corrected chi connectivity index (χ1v) is 11.5. The van der Waals surface area contributed by atoms with E-state index in [0.717, 1.165) is 16.9 Å². The van der Waals surface area contributed by atoms with Gasteiger partial charge in [-0.05, 0) is 43.0 Å². The molecule has 2 aromatic rings. The number of carbonyl (C=O) groups excluding carboxylic acids is 3. The summed E-state index contributed by atoms with van der Waals surface area (Å²) in [6, 6.07) is 6.62. The van der Waals surface area contributed by atoms with E-state index < -0.39 is 17.5 Å². The zero-order valence-electron chi connectivity index (χ0n) is 20.3. The van der Waals surface area contributed by atoms with Crippen molar-refractivity contribution >= 4 is 23.7 Å². The number of anilines is 1. The van der Waals surface area contributed by atoms with Crippen molar-refractivity contribution in [2.24, 2.45) is 5.92 Å². The summed E-state index contributed by atoms with van der Waals surface area (Å²) in [6.45, 7) is 10.3. The number of piperazine rings is 1. The maximum Gasteiger partial charge on any atom is 0.322 e. The minimum atomic E-state index is -1.26. The highest BCUT2D eigenvalue weighted by Crippen LogP contribution is 2.39. The Morgan fingerprint density at radius 3 is 2.38 bits per heavy atom. The van der Waals surface area contributed by atoms with Crippen LogP contribution in [-0.2, 0) is 10.3 Å². The Balaban J connectivity index is 1.54. The summed E-state index contributed by atoms with van der Waals surface area (Å²) in [7, 11) is 1.49. The molecule has 2 fully saturated rings. The fraction of sp³-hybridized carbons (Fsp3) is 0.440. The average Bonchev–Trinajstić information content (AvgIpc) is 3.13. The van der Waals surface area contributed by atoms with Gasteiger partial charge in [0.2, 0.25) is 0 Å². The summed E-state index contributed by atoms with van der Waals surface area (Å²) in [4.78, 5) is 46.5. The number of pyridine rings is 1. The molecule has 9 nitrogen and oxygen atoms in total. The Bertz CT molecular complexity index is 1140. The number of carbonyl (C=O) groups is 3. The highest BCUT2D eigenvalue weighted by Gasteiger charge is 2.51. The normalized spacial score (nSPS) is 20.4. The number of aryl methyl sites for hydroxylation is 2. The van der Waals surface area contributed by atoms with E-state index in [2.05, 4.69) is 33.5 Å². The van der Waals surface area contributed by atoms with Crippen LogP contribution >= 0.6 is 0 Å². The number of nitrogens with one attached hydrogen (secondary N) is 2. The third-order valence-corrected chi connectivity index (χ3v) is 6.69. The van der Waals surface area contributed by atoms with Gasteiger partial charge in [0.25, 0.3) is 11.8 Å². The van der Waals surface area contributed by atoms with Crippen molar-refractivity contribution in [2.45, 2.75) is 33.2 Å². The molecule has 0 aliphatic carbocycles. The number of hydrogen-bond donors (Lipinski definition) is 2. The highest BCUT2D eigenvalue weighted by molar-refractivity contribution is 6.08. The van der Waals surface area contributed by atoms with Crippen LogP contribution in [0.1, 0.15) is 40.9 Å². The van der Waals surface area contributed by atoms with Gasteiger partial charge in [-0.15, -0.1) is 0 Å². The van der Waals surface area contributed by atoms with E-state index in [-0.39, 0.29) is 11.8 Å². The topological polar surface area (TPSA) is 104 Å². The van der Waals surface area contributed by atoms with Gasteiger partial charge in [-0.3, -0.25) is 14.9 Å². The second-order valence-electron chi connectivity index (χ2n) is 9.22. The van der Waals surface area contributed by atoms with Crippen LogP contribution in [-0.4, -0.2) is 61.0 Å². The minimum absolute atomic E-state index is 0.100. The summed E-state index contributed by atoms with van der Waals surface area (Å²) in [5.41, 5.74) is 2.00. The van der Waals surface area contributed by atoms with E-state index in [1.165, 1.54) is 7.11 Å². The van der Waals surface area contributed by atoms with Gasteiger partial charge < -0.3 is 19.9 Å². The standard InChI is InChI=1S/C25H31N5O4/c1-15(2)25(23(32)27-24(33)28-25)19-7-6-18(13-20(19)34-5)22(31)30-10-8-29(9-11-30)21-17(4)12-16(3)14-26-21/h6-7,12-15H,8-11H2,1-5H3,(H2,27,28,32,33). The Morgan fingerprint density at radius 2 is 1.82 bits per heavy atom. The third kappa shape index (κ3) is 3.95. The number of methoxy groups -OCH3 is 1. The molecule has 2 aliphatic heterocycles. The zero-order valence-corrected chi connectivity index (χ0v) is 20.3. The number of ether oxygens (including phenoxy) is 1. The predicted octanol–water partition coefficient (Wildman–Crippen LogP) is 2.36. The lowest BCUT2D eigenvalue weighted by molar-refractivity contribution is -0.125. The van der Waals surface area contributed by atoms with Crippen LogP contribution < -0.4 is 20.3 Å². The maximum atomic E-state index is 13.3. The number of imide groups is 1. The van der Waals surface area contributed by atoms with Crippen molar-refractivity contribution in [2.75, 3.05) is 38.2 Å². The van der Waals surface area contributed by atoms with Gasteiger partial charge in [0.05, 0.1) is 7.11 Å². The molecule has 0 spiro atoms. The van der Waals surface area contributed by atoms with Crippen molar-refractivity contribution in [1.82, 2.24) is 20.5 Å². The van der Waals surface area contributed by atoms with E-state index in [1.807, 2.05) is 31.9 Å². The SMILES string of the molecule is COc1cc(C(=O)N2CCN(c3ncc(C)cc3C)CC2)ccc1C1(C(C)C)NC(=O)NC1=O. The van der Waals surface area contributed by atoms with Crippen molar-refractivity contribution in [3.8, 4) is 5.75 Å². The van der Waals surface area contributed by atoms with Gasteiger partial charge in [0, 0.05) is 43.5 Å². The minimum Gasteiger partial charge on any atom is -0.496 e. The number of urea groups is 1. The van der Waals surface area contributed by atoms with Gasteiger partial charge >= 0.3 is 6.03 Å². The number of benzene rings is 1. The van der Waals surface area contributed by atoms with Crippen molar-refractivity contribution in [3.63, 3.8) is 0 Å². The third-order valence-electron chi connectivity index (χ3n) is 6.69. The van der Waals surface area contributed by atoms with Crippen LogP contribution in [0.3, 0.4) is 0 Å². The maximum absolute atomic E-state index is 13.3. The second kappa shape index (κ2) is 8.96. The molecule has 2 saturated heterocycles. The Morgan fingerprint density at radius 1 is 1.12 bits per heavy atom. The lowest BCUT2D eigenvalue weighted by Gasteiger charge is -2.36. The Labute approximate surface area is 199 Å². The molecule has 0 bridgehead atoms. The van der Waals surface area contributed by atoms with Gasteiger partial charge in [-0.25, -0.2) is 9.78 Å². The van der Waals surface area contributed by atoms with Crippen LogP contribution in [0.5, 0.6) is 5.75 Å². The van der Waals surface area contributed by atoms with Crippen LogP contribution in [0.15, 0.2) is 30.5 Å². The first kappa shape index (κ1) is 23.5. The smallest absolute Gasteiger partial charge is 0.322 e. The van der Waals surface area contributed by atoms with Gasteiger partial charge in [0.15, 0.2) is 5.54 Å². The van der Waals surface area contributed by atoms with E-state index in [4.69, 9.17) is 4.74 Å². The van der Waals surface area contributed by atoms with Crippen LogP contribution in [0.25, 0.3) is 0 Å². The fourth-order valence-corrected chi connectivity index (χ4v) is 4.87. The van der Waals surface area contributed by atoms with Crippen molar-refractivity contribution < 1.29 is 19.1 Å². The molecule has 4 rings (SSSR count). The average molecular weight is 466 g/mol. The predicted molar refractivity (Wildman–Crippen MR) is 128 cm³/mol. The van der Waals surface area contributed by atoms with Crippen LogP contribution in [0, 0.1) is 19.8 Å². The quantitative estimate of drug-likeness (QED) is 0.657. The number of amides is 4. The molecule has 4 amide bonds. The summed E-state index contributed by atoms with van der Waals surface area (Å²) in [5.74, 6) is 0.577. The molecular formula is C25H31N5O4. The molecule has 1 aromatic heterocycles. The molecule has 1 unspecified atom stereocenters. The number of rotatable bonds is 5. The molecular weight excluding hydrogens is 434 g/mol. The number of aromatic nitrogens is 1. The van der Waals surface area contributed by atoms with Gasteiger partial charge in [0.1, 0.15) is 11.6 Å². The fourth-order valence-electron chi connectivity index (χ4n) is 4.87.